The maximum atomic E-state index is 10.8. The lowest BCUT2D eigenvalue weighted by molar-refractivity contribution is 0.0697. The van der Waals surface area contributed by atoms with Gasteiger partial charge in [0.2, 0.25) is 0 Å². The van der Waals surface area contributed by atoms with Gasteiger partial charge >= 0.3 is 5.97 Å². The number of pyridine rings is 1. The predicted molar refractivity (Wildman–Crippen MR) is 85.7 cm³/mol. The zero-order valence-corrected chi connectivity index (χ0v) is 11.8. The standard InChI is InChI=1S/C16H12N2O2.ClH/c19-16(20)11-5-7-12(8-6-11)18-15-9-10-17-14-4-2-1-3-13(14)15;/h1-10H,(H,17,18)(H,19,20);1H. The molecule has 4 nitrogen and oxygen atoms in total. The van der Waals surface area contributed by atoms with Crippen molar-refractivity contribution in [3.05, 3.63) is 66.4 Å². The number of nitrogens with one attached hydrogen (secondary N) is 1. The Balaban J connectivity index is 0.00000161. The lowest BCUT2D eigenvalue weighted by Gasteiger charge is -2.09. The smallest absolute Gasteiger partial charge is 0.335 e. The van der Waals surface area contributed by atoms with Crippen LogP contribution in [0, 0.1) is 0 Å². The number of carboxylic acids is 1. The molecule has 1 aromatic heterocycles. The first-order chi connectivity index (χ1) is 9.74. The van der Waals surface area contributed by atoms with E-state index in [4.69, 9.17) is 5.11 Å². The number of fused-ring (bicyclic) bond motifs is 1. The summed E-state index contributed by atoms with van der Waals surface area (Å²) >= 11 is 0. The molecule has 106 valence electrons. The van der Waals surface area contributed by atoms with E-state index in [1.54, 1.807) is 30.5 Å². The van der Waals surface area contributed by atoms with Crippen LogP contribution in [0.15, 0.2) is 60.8 Å². The normalized spacial score (nSPS) is 9.90. The fourth-order valence-corrected chi connectivity index (χ4v) is 2.06. The van der Waals surface area contributed by atoms with E-state index in [9.17, 15) is 4.79 Å². The van der Waals surface area contributed by atoms with Crippen molar-refractivity contribution in [1.82, 2.24) is 4.98 Å². The molecule has 0 spiro atoms. The van der Waals surface area contributed by atoms with Crippen LogP contribution in [0.4, 0.5) is 11.4 Å². The Labute approximate surface area is 127 Å². The summed E-state index contributed by atoms with van der Waals surface area (Å²) in [4.78, 5) is 15.1. The Kier molecular flexibility index (Phi) is 4.40. The number of para-hydroxylation sites is 1. The molecule has 0 fully saturated rings. The first kappa shape index (κ1) is 14.8. The second-order valence-corrected chi connectivity index (χ2v) is 4.38. The molecule has 3 rings (SSSR count). The van der Waals surface area contributed by atoms with Gasteiger partial charge in [0.1, 0.15) is 0 Å². The molecule has 0 bridgehead atoms. The van der Waals surface area contributed by atoms with E-state index in [-0.39, 0.29) is 18.0 Å². The van der Waals surface area contributed by atoms with Crippen molar-refractivity contribution in [2.75, 3.05) is 5.32 Å². The van der Waals surface area contributed by atoms with E-state index in [1.807, 2.05) is 30.3 Å². The molecule has 0 atom stereocenters. The van der Waals surface area contributed by atoms with Crippen molar-refractivity contribution >= 4 is 40.7 Å². The molecule has 0 unspecified atom stereocenters. The number of halogens is 1. The second-order valence-electron chi connectivity index (χ2n) is 4.38. The topological polar surface area (TPSA) is 62.2 Å². The Hall–Kier alpha value is -2.59. The van der Waals surface area contributed by atoms with Gasteiger partial charge in [0.15, 0.2) is 0 Å². The molecule has 2 aromatic carbocycles. The van der Waals surface area contributed by atoms with Crippen LogP contribution >= 0.6 is 12.4 Å². The minimum absolute atomic E-state index is 0. The fourth-order valence-electron chi connectivity index (χ4n) is 2.06. The zero-order chi connectivity index (χ0) is 13.9. The molecule has 3 aromatic rings. The van der Waals surface area contributed by atoms with Crippen LogP contribution in [-0.2, 0) is 0 Å². The van der Waals surface area contributed by atoms with Gasteiger partial charge in [-0.1, -0.05) is 18.2 Å². The summed E-state index contributed by atoms with van der Waals surface area (Å²) in [6.07, 6.45) is 1.75. The molecular formula is C16H13ClN2O2. The number of aromatic carboxylic acids is 1. The largest absolute Gasteiger partial charge is 0.478 e. The van der Waals surface area contributed by atoms with Gasteiger partial charge in [-0.3, -0.25) is 4.98 Å². The SMILES string of the molecule is Cl.O=C(O)c1ccc(Nc2ccnc3ccccc23)cc1. The third-order valence-corrected chi connectivity index (χ3v) is 3.06. The van der Waals surface area contributed by atoms with Gasteiger partial charge in [0.25, 0.3) is 0 Å². The van der Waals surface area contributed by atoms with Crippen molar-refractivity contribution in [1.29, 1.82) is 0 Å². The summed E-state index contributed by atoms with van der Waals surface area (Å²) in [5, 5.41) is 13.2. The number of anilines is 2. The molecule has 0 saturated heterocycles. The third kappa shape index (κ3) is 3.12. The van der Waals surface area contributed by atoms with E-state index in [0.717, 1.165) is 22.3 Å². The highest BCUT2D eigenvalue weighted by Crippen LogP contribution is 2.24. The van der Waals surface area contributed by atoms with Crippen molar-refractivity contribution in [3.8, 4) is 0 Å². The first-order valence-corrected chi connectivity index (χ1v) is 6.18. The number of nitrogens with zero attached hydrogens (tertiary/aromatic N) is 1. The van der Waals surface area contributed by atoms with Crippen LogP contribution < -0.4 is 5.32 Å². The van der Waals surface area contributed by atoms with Crippen LogP contribution in [0.5, 0.6) is 0 Å². The van der Waals surface area contributed by atoms with Crippen LogP contribution in [0.1, 0.15) is 10.4 Å². The summed E-state index contributed by atoms with van der Waals surface area (Å²) in [6, 6.07) is 16.4. The minimum Gasteiger partial charge on any atom is -0.478 e. The lowest BCUT2D eigenvalue weighted by Crippen LogP contribution is -1.97. The van der Waals surface area contributed by atoms with Crippen LogP contribution in [0.3, 0.4) is 0 Å². The Morgan fingerprint density at radius 1 is 1.00 bits per heavy atom. The zero-order valence-electron chi connectivity index (χ0n) is 11.0. The Bertz CT molecular complexity index is 767. The van der Waals surface area contributed by atoms with Crippen LogP contribution in [0.25, 0.3) is 10.9 Å². The molecule has 0 radical (unpaired) electrons. The maximum Gasteiger partial charge on any atom is 0.335 e. The van der Waals surface area contributed by atoms with E-state index in [2.05, 4.69) is 10.3 Å². The molecular weight excluding hydrogens is 288 g/mol. The number of rotatable bonds is 3. The molecule has 21 heavy (non-hydrogen) atoms. The van der Waals surface area contributed by atoms with Gasteiger partial charge < -0.3 is 10.4 Å². The van der Waals surface area contributed by atoms with Crippen molar-refractivity contribution in [2.45, 2.75) is 0 Å². The van der Waals surface area contributed by atoms with Gasteiger partial charge in [-0.25, -0.2) is 4.79 Å². The predicted octanol–water partition coefficient (Wildman–Crippen LogP) is 4.10. The monoisotopic (exact) mass is 300 g/mol. The number of benzene rings is 2. The Morgan fingerprint density at radius 3 is 2.43 bits per heavy atom. The summed E-state index contributed by atoms with van der Waals surface area (Å²) in [5.74, 6) is -0.925. The molecule has 1 heterocycles. The summed E-state index contributed by atoms with van der Waals surface area (Å²) in [7, 11) is 0. The van der Waals surface area contributed by atoms with Gasteiger partial charge in [0.05, 0.1) is 11.1 Å². The number of aromatic nitrogens is 1. The van der Waals surface area contributed by atoms with Crippen molar-refractivity contribution in [3.63, 3.8) is 0 Å². The van der Waals surface area contributed by atoms with Crippen LogP contribution in [0.2, 0.25) is 0 Å². The highest BCUT2D eigenvalue weighted by molar-refractivity contribution is 5.93. The first-order valence-electron chi connectivity index (χ1n) is 6.18. The van der Waals surface area contributed by atoms with Gasteiger partial charge in [-0.2, -0.15) is 0 Å². The molecule has 0 saturated carbocycles. The number of carboxylic acid groups (broad SMARTS) is 1. The average Bonchev–Trinajstić information content (AvgIpc) is 2.48. The molecule has 2 N–H and O–H groups in total. The van der Waals surface area contributed by atoms with Gasteiger partial charge in [0, 0.05) is 23.0 Å². The van der Waals surface area contributed by atoms with E-state index >= 15 is 0 Å². The maximum absolute atomic E-state index is 10.8. The van der Waals surface area contributed by atoms with E-state index in [1.165, 1.54) is 0 Å². The summed E-state index contributed by atoms with van der Waals surface area (Å²) in [6.45, 7) is 0. The summed E-state index contributed by atoms with van der Waals surface area (Å²) < 4.78 is 0. The van der Waals surface area contributed by atoms with E-state index < -0.39 is 5.97 Å². The average molecular weight is 301 g/mol. The highest BCUT2D eigenvalue weighted by atomic mass is 35.5. The molecule has 5 heteroatoms. The lowest BCUT2D eigenvalue weighted by atomic mass is 10.1. The fraction of sp³-hybridized carbons (Fsp3) is 0. The minimum atomic E-state index is -0.925. The van der Waals surface area contributed by atoms with E-state index in [0.29, 0.717) is 0 Å². The molecule has 0 aliphatic heterocycles. The van der Waals surface area contributed by atoms with Crippen LogP contribution in [-0.4, -0.2) is 16.1 Å². The number of carbonyl (C=O) groups is 1. The van der Waals surface area contributed by atoms with Crippen molar-refractivity contribution < 1.29 is 9.90 Å². The molecule has 0 aliphatic rings. The second kappa shape index (κ2) is 6.24. The quantitative estimate of drug-likeness (QED) is 0.764. The van der Waals surface area contributed by atoms with Gasteiger partial charge in [-0.15, -0.1) is 12.4 Å². The third-order valence-electron chi connectivity index (χ3n) is 3.06. The summed E-state index contributed by atoms with van der Waals surface area (Å²) in [5.41, 5.74) is 2.97. The molecule has 0 amide bonds. The van der Waals surface area contributed by atoms with Crippen molar-refractivity contribution in [2.24, 2.45) is 0 Å². The molecule has 0 aliphatic carbocycles. The highest BCUT2D eigenvalue weighted by Gasteiger charge is 2.04. The number of hydrogen-bond donors (Lipinski definition) is 2. The van der Waals surface area contributed by atoms with Gasteiger partial charge in [-0.05, 0) is 36.4 Å². The Morgan fingerprint density at radius 2 is 1.71 bits per heavy atom. The number of hydrogen-bond acceptors (Lipinski definition) is 3.